The molecule has 3 heterocycles. The Balaban J connectivity index is 1.48. The van der Waals surface area contributed by atoms with Crippen molar-refractivity contribution in [1.82, 2.24) is 30.2 Å². The second kappa shape index (κ2) is 11.2. The molecule has 6 rings (SSSR count). The van der Waals surface area contributed by atoms with Crippen molar-refractivity contribution in [3.05, 3.63) is 99.4 Å². The number of methoxy groups -OCH3 is 1. The van der Waals surface area contributed by atoms with Crippen LogP contribution in [0.4, 0.5) is 0 Å². The molecule has 10 heteroatoms. The molecular weight excluding hydrogens is 536 g/mol. The van der Waals surface area contributed by atoms with Crippen LogP contribution in [0.25, 0.3) is 21.1 Å². The molecule has 9 nitrogen and oxygen atoms in total. The van der Waals surface area contributed by atoms with E-state index in [0.29, 0.717) is 30.2 Å². The van der Waals surface area contributed by atoms with Crippen molar-refractivity contribution in [1.29, 1.82) is 0 Å². The zero-order valence-electron chi connectivity index (χ0n) is 22.5. The molecule has 204 valence electrons. The number of carboxylic acids is 1. The van der Waals surface area contributed by atoms with Crippen LogP contribution >= 0.6 is 11.3 Å². The number of rotatable bonds is 8. The zero-order valence-corrected chi connectivity index (χ0v) is 23.3. The van der Waals surface area contributed by atoms with Gasteiger partial charge in [0, 0.05) is 23.9 Å². The second-order valence-electron chi connectivity index (χ2n) is 9.68. The molecule has 0 saturated carbocycles. The maximum atomic E-state index is 11.9. The van der Waals surface area contributed by atoms with E-state index in [0.717, 1.165) is 44.5 Å². The third-order valence-electron chi connectivity index (χ3n) is 7.03. The Labute approximate surface area is 239 Å². The van der Waals surface area contributed by atoms with Crippen molar-refractivity contribution in [2.24, 2.45) is 0 Å². The molecule has 0 unspecified atom stereocenters. The summed E-state index contributed by atoms with van der Waals surface area (Å²) in [5.74, 6) is 7.12. The molecule has 0 bridgehead atoms. The standard InChI is InChI=1S/C31H26N6O3S/c1-19-3-5-20(6-4-19)7-10-23-24-17-21(31(38)39)8-12-27(24)37(16-15-29-33-35-36-34-29)26(23)13-14-30-32-25-11-9-22(40-2)18-28(25)41-30/h3-6,8-9,11-12,17-18H,7,10,15-16H2,1-2H3,(H,38,39)(H,33,34,35,36). The van der Waals surface area contributed by atoms with Crippen LogP contribution in [0.5, 0.6) is 5.75 Å². The highest BCUT2D eigenvalue weighted by Gasteiger charge is 2.19. The number of H-pyrrole nitrogens is 1. The molecule has 0 aliphatic carbocycles. The number of tetrazole rings is 1. The Morgan fingerprint density at radius 2 is 1.90 bits per heavy atom. The number of nitrogens with zero attached hydrogens (tertiary/aromatic N) is 5. The Kier molecular flexibility index (Phi) is 7.18. The van der Waals surface area contributed by atoms with Crippen LogP contribution in [-0.2, 0) is 25.8 Å². The van der Waals surface area contributed by atoms with Crippen molar-refractivity contribution >= 4 is 38.4 Å². The summed E-state index contributed by atoms with van der Waals surface area (Å²) in [5, 5.41) is 25.7. The van der Waals surface area contributed by atoms with E-state index in [1.807, 2.05) is 24.3 Å². The predicted molar refractivity (Wildman–Crippen MR) is 158 cm³/mol. The highest BCUT2D eigenvalue weighted by molar-refractivity contribution is 7.19. The van der Waals surface area contributed by atoms with Crippen molar-refractivity contribution in [3.63, 3.8) is 0 Å². The van der Waals surface area contributed by atoms with Gasteiger partial charge in [-0.1, -0.05) is 35.0 Å². The number of nitrogens with one attached hydrogen (secondary N) is 1. The second-order valence-corrected chi connectivity index (χ2v) is 10.7. The first-order valence-corrected chi connectivity index (χ1v) is 13.9. The molecule has 0 amide bonds. The van der Waals surface area contributed by atoms with Gasteiger partial charge in [-0.15, -0.1) is 21.5 Å². The van der Waals surface area contributed by atoms with Gasteiger partial charge < -0.3 is 14.4 Å². The largest absolute Gasteiger partial charge is 0.497 e. The molecule has 2 N–H and O–H groups in total. The number of aryl methyl sites for hydroxylation is 5. The summed E-state index contributed by atoms with van der Waals surface area (Å²) in [5.41, 5.74) is 6.26. The molecule has 0 spiro atoms. The number of carboxylic acid groups (broad SMARTS) is 1. The normalized spacial score (nSPS) is 11.1. The van der Waals surface area contributed by atoms with Crippen molar-refractivity contribution < 1.29 is 14.6 Å². The fraction of sp³-hybridized carbons (Fsp3) is 0.194. The Hall–Kier alpha value is -5.01. The van der Waals surface area contributed by atoms with Crippen molar-refractivity contribution in [2.45, 2.75) is 32.7 Å². The fourth-order valence-electron chi connectivity index (χ4n) is 4.91. The number of hydrogen-bond donors (Lipinski definition) is 2. The zero-order chi connectivity index (χ0) is 28.3. The third-order valence-corrected chi connectivity index (χ3v) is 7.96. The average molecular weight is 563 g/mol. The predicted octanol–water partition coefficient (Wildman–Crippen LogP) is 5.21. The fourth-order valence-corrected chi connectivity index (χ4v) is 5.76. The van der Waals surface area contributed by atoms with Gasteiger partial charge in [-0.3, -0.25) is 0 Å². The molecule has 3 aromatic heterocycles. The Bertz CT molecular complexity index is 1930. The monoisotopic (exact) mass is 562 g/mol. The number of aromatic amines is 1. The van der Waals surface area contributed by atoms with Gasteiger partial charge >= 0.3 is 5.97 Å². The van der Waals surface area contributed by atoms with Crippen LogP contribution in [-0.4, -0.2) is 48.4 Å². The van der Waals surface area contributed by atoms with E-state index < -0.39 is 5.97 Å². The number of ether oxygens (including phenoxy) is 1. The summed E-state index contributed by atoms with van der Waals surface area (Å²) in [6.45, 7) is 2.62. The number of aromatic nitrogens is 6. The van der Waals surface area contributed by atoms with E-state index >= 15 is 0 Å². The minimum Gasteiger partial charge on any atom is -0.497 e. The minimum absolute atomic E-state index is 0.240. The van der Waals surface area contributed by atoms with Gasteiger partial charge in [-0.05, 0) is 79.1 Å². The van der Waals surface area contributed by atoms with Crippen LogP contribution in [0.3, 0.4) is 0 Å². The van der Waals surface area contributed by atoms with E-state index in [2.05, 4.69) is 68.2 Å². The first kappa shape index (κ1) is 26.2. The third kappa shape index (κ3) is 5.53. The summed E-state index contributed by atoms with van der Waals surface area (Å²) in [4.78, 5) is 16.6. The lowest BCUT2D eigenvalue weighted by atomic mass is 10.00. The number of carbonyl (C=O) groups is 1. The van der Waals surface area contributed by atoms with Gasteiger partial charge in [0.2, 0.25) is 0 Å². The summed E-state index contributed by atoms with van der Waals surface area (Å²) in [6, 6.07) is 19.5. The molecule has 3 aromatic carbocycles. The van der Waals surface area contributed by atoms with Gasteiger partial charge in [0.15, 0.2) is 10.8 Å². The first-order valence-electron chi connectivity index (χ1n) is 13.1. The van der Waals surface area contributed by atoms with E-state index in [4.69, 9.17) is 9.72 Å². The lowest BCUT2D eigenvalue weighted by Crippen LogP contribution is -2.06. The molecule has 0 aliphatic rings. The van der Waals surface area contributed by atoms with Crippen LogP contribution in [0.15, 0.2) is 60.7 Å². The lowest BCUT2D eigenvalue weighted by molar-refractivity contribution is 0.0697. The van der Waals surface area contributed by atoms with Crippen LogP contribution in [0, 0.1) is 18.8 Å². The Morgan fingerprint density at radius 1 is 1.05 bits per heavy atom. The number of fused-ring (bicyclic) bond motifs is 2. The van der Waals surface area contributed by atoms with Crippen molar-refractivity contribution in [3.8, 4) is 17.6 Å². The van der Waals surface area contributed by atoms with Gasteiger partial charge in [-0.2, -0.15) is 5.21 Å². The molecular formula is C31H26N6O3S. The van der Waals surface area contributed by atoms with Crippen LogP contribution < -0.4 is 4.74 Å². The lowest BCUT2D eigenvalue weighted by Gasteiger charge is -2.07. The quantitative estimate of drug-likeness (QED) is 0.245. The van der Waals surface area contributed by atoms with E-state index in [1.165, 1.54) is 22.5 Å². The average Bonchev–Trinajstić information content (AvgIpc) is 3.71. The number of thiazole rings is 1. The maximum absolute atomic E-state index is 11.9. The minimum atomic E-state index is -0.964. The highest BCUT2D eigenvalue weighted by Crippen LogP contribution is 2.30. The van der Waals surface area contributed by atoms with Crippen molar-refractivity contribution in [2.75, 3.05) is 7.11 Å². The summed E-state index contributed by atoms with van der Waals surface area (Å²) in [7, 11) is 1.64. The van der Waals surface area contributed by atoms with Gasteiger partial charge in [0.05, 0.1) is 28.6 Å². The van der Waals surface area contributed by atoms with E-state index in [-0.39, 0.29) is 5.56 Å². The summed E-state index contributed by atoms with van der Waals surface area (Å²) < 4.78 is 8.49. The smallest absolute Gasteiger partial charge is 0.335 e. The molecule has 0 aliphatic heterocycles. The topological polar surface area (TPSA) is 119 Å². The number of benzene rings is 3. The molecule has 0 atom stereocenters. The number of hydrogen-bond acceptors (Lipinski definition) is 7. The van der Waals surface area contributed by atoms with Gasteiger partial charge in [0.1, 0.15) is 5.75 Å². The summed E-state index contributed by atoms with van der Waals surface area (Å²) in [6.07, 6.45) is 2.02. The molecule has 41 heavy (non-hydrogen) atoms. The van der Waals surface area contributed by atoms with Gasteiger partial charge in [0.25, 0.3) is 0 Å². The SMILES string of the molecule is COc1ccc2nc(C#Cc3c(CCc4ccc(C)cc4)c4cc(C(=O)O)ccc4n3CCc3nn[nH]n3)sc2c1. The Morgan fingerprint density at radius 3 is 2.66 bits per heavy atom. The highest BCUT2D eigenvalue weighted by atomic mass is 32.1. The number of aromatic carboxylic acids is 1. The maximum Gasteiger partial charge on any atom is 0.335 e. The summed E-state index contributed by atoms with van der Waals surface area (Å²) >= 11 is 1.51. The van der Waals surface area contributed by atoms with Crippen LogP contribution in [0.1, 0.15) is 43.6 Å². The molecule has 6 aromatic rings. The first-order chi connectivity index (χ1) is 20.0. The van der Waals surface area contributed by atoms with Gasteiger partial charge in [-0.25, -0.2) is 9.78 Å². The van der Waals surface area contributed by atoms with E-state index in [1.54, 1.807) is 19.2 Å². The molecule has 0 radical (unpaired) electrons. The van der Waals surface area contributed by atoms with E-state index in [9.17, 15) is 9.90 Å². The molecule has 0 saturated heterocycles. The molecule has 0 fully saturated rings. The van der Waals surface area contributed by atoms with Crippen LogP contribution in [0.2, 0.25) is 0 Å².